The number of benzene rings is 2. The number of halogens is 1. The summed E-state index contributed by atoms with van der Waals surface area (Å²) in [7, 11) is -0.536. The zero-order valence-corrected chi connectivity index (χ0v) is 16.6. The maximum atomic E-state index is 13.6. The highest BCUT2D eigenvalue weighted by Crippen LogP contribution is 2.36. The first kappa shape index (κ1) is 18.8. The zero-order chi connectivity index (χ0) is 20.3. The van der Waals surface area contributed by atoms with Crippen molar-refractivity contribution >= 4 is 23.5 Å². The lowest BCUT2D eigenvalue weighted by molar-refractivity contribution is 0.00578. The Bertz CT molecular complexity index is 1120. The molecular weight excluding hydrogens is 358 g/mol. The molecule has 1 aliphatic rings. The maximum Gasteiger partial charge on any atom is 0.495 e. The van der Waals surface area contributed by atoms with E-state index >= 15 is 0 Å². The Hall–Kier alpha value is -2.51. The van der Waals surface area contributed by atoms with Crippen LogP contribution in [-0.2, 0) is 9.31 Å². The minimum Gasteiger partial charge on any atom is -0.399 e. The van der Waals surface area contributed by atoms with Crippen LogP contribution >= 0.6 is 0 Å². The standard InChI is InChI=1S/C21H22BFN2O3/c1-13-16(22-27-20(2,3)21(4,5)28-22)7-6-8-18(13)25-12-24-17-10-9-14(23)11-15(17)19(25)26/h6-12H,1-5H3. The van der Waals surface area contributed by atoms with Gasteiger partial charge in [0.15, 0.2) is 0 Å². The van der Waals surface area contributed by atoms with Gasteiger partial charge in [0.1, 0.15) is 12.1 Å². The van der Waals surface area contributed by atoms with Gasteiger partial charge in [-0.05, 0) is 69.9 Å². The molecule has 0 bridgehead atoms. The molecule has 0 N–H and O–H groups in total. The number of hydrogen-bond acceptors (Lipinski definition) is 4. The van der Waals surface area contributed by atoms with Crippen molar-refractivity contribution in [2.75, 3.05) is 0 Å². The van der Waals surface area contributed by atoms with Crippen LogP contribution in [0.25, 0.3) is 16.6 Å². The molecule has 1 fully saturated rings. The third-order valence-corrected chi connectivity index (χ3v) is 5.83. The van der Waals surface area contributed by atoms with E-state index in [9.17, 15) is 9.18 Å². The molecule has 1 aliphatic heterocycles. The van der Waals surface area contributed by atoms with Gasteiger partial charge in [0.25, 0.3) is 5.56 Å². The van der Waals surface area contributed by atoms with Gasteiger partial charge >= 0.3 is 7.12 Å². The van der Waals surface area contributed by atoms with Crippen LogP contribution in [0.15, 0.2) is 47.5 Å². The fourth-order valence-corrected chi connectivity index (χ4v) is 3.39. The quantitative estimate of drug-likeness (QED) is 0.641. The molecule has 1 aromatic heterocycles. The second-order valence-electron chi connectivity index (χ2n) is 8.16. The molecule has 0 unspecified atom stereocenters. The summed E-state index contributed by atoms with van der Waals surface area (Å²) in [6.45, 7) is 9.91. The third-order valence-electron chi connectivity index (χ3n) is 5.83. The molecule has 2 heterocycles. The summed E-state index contributed by atoms with van der Waals surface area (Å²) in [5, 5.41) is 0.239. The number of aromatic nitrogens is 2. The smallest absolute Gasteiger partial charge is 0.399 e. The molecular formula is C21H22BFN2O3. The Labute approximate surface area is 163 Å². The first-order chi connectivity index (χ1) is 13.1. The topological polar surface area (TPSA) is 53.4 Å². The lowest BCUT2D eigenvalue weighted by Gasteiger charge is -2.32. The van der Waals surface area contributed by atoms with E-state index in [1.807, 2.05) is 52.8 Å². The summed E-state index contributed by atoms with van der Waals surface area (Å²) in [6.07, 6.45) is 1.47. The van der Waals surface area contributed by atoms with E-state index < -0.39 is 24.1 Å². The Morgan fingerprint density at radius 1 is 1.07 bits per heavy atom. The Kier molecular flexibility index (Phi) is 4.21. The van der Waals surface area contributed by atoms with Crippen molar-refractivity contribution in [3.63, 3.8) is 0 Å². The summed E-state index contributed by atoms with van der Waals surface area (Å²) >= 11 is 0. The average molecular weight is 380 g/mol. The highest BCUT2D eigenvalue weighted by molar-refractivity contribution is 6.62. The largest absolute Gasteiger partial charge is 0.495 e. The van der Waals surface area contributed by atoms with Gasteiger partial charge in [-0.2, -0.15) is 0 Å². The highest BCUT2D eigenvalue weighted by atomic mass is 19.1. The van der Waals surface area contributed by atoms with Gasteiger partial charge in [0, 0.05) is 0 Å². The summed E-state index contributed by atoms with van der Waals surface area (Å²) in [6, 6.07) is 9.63. The molecule has 2 aromatic carbocycles. The van der Waals surface area contributed by atoms with Gasteiger partial charge in [-0.3, -0.25) is 9.36 Å². The summed E-state index contributed by atoms with van der Waals surface area (Å²) < 4.78 is 27.4. The fraction of sp³-hybridized carbons (Fsp3) is 0.333. The lowest BCUT2D eigenvalue weighted by atomic mass is 9.76. The number of rotatable bonds is 2. The van der Waals surface area contributed by atoms with Crippen molar-refractivity contribution in [1.29, 1.82) is 0 Å². The third kappa shape index (κ3) is 2.86. The Morgan fingerprint density at radius 2 is 1.75 bits per heavy atom. The molecule has 3 aromatic rings. The van der Waals surface area contributed by atoms with Crippen LogP contribution in [0.1, 0.15) is 33.3 Å². The van der Waals surface area contributed by atoms with Crippen molar-refractivity contribution in [1.82, 2.24) is 9.55 Å². The fourth-order valence-electron chi connectivity index (χ4n) is 3.39. The maximum absolute atomic E-state index is 13.6. The molecule has 4 rings (SSSR count). The molecule has 144 valence electrons. The molecule has 28 heavy (non-hydrogen) atoms. The average Bonchev–Trinajstić information content (AvgIpc) is 2.84. The van der Waals surface area contributed by atoms with Crippen molar-refractivity contribution in [2.24, 2.45) is 0 Å². The van der Waals surface area contributed by atoms with Crippen LogP contribution in [0, 0.1) is 12.7 Å². The van der Waals surface area contributed by atoms with Crippen molar-refractivity contribution in [3.05, 3.63) is 64.5 Å². The van der Waals surface area contributed by atoms with Crippen molar-refractivity contribution < 1.29 is 13.7 Å². The van der Waals surface area contributed by atoms with Gasteiger partial charge < -0.3 is 9.31 Å². The summed E-state index contributed by atoms with van der Waals surface area (Å²) in [5.41, 5.74) is 1.58. The summed E-state index contributed by atoms with van der Waals surface area (Å²) in [4.78, 5) is 17.3. The van der Waals surface area contributed by atoms with E-state index in [0.717, 1.165) is 11.0 Å². The minimum atomic E-state index is -0.536. The molecule has 0 atom stereocenters. The van der Waals surface area contributed by atoms with E-state index in [-0.39, 0.29) is 10.9 Å². The van der Waals surface area contributed by atoms with Gasteiger partial charge in [-0.1, -0.05) is 12.1 Å². The second kappa shape index (κ2) is 6.25. The van der Waals surface area contributed by atoms with Crippen molar-refractivity contribution in [3.8, 4) is 5.69 Å². The van der Waals surface area contributed by atoms with Crippen LogP contribution in [0.4, 0.5) is 4.39 Å². The Morgan fingerprint density at radius 3 is 2.43 bits per heavy atom. The molecule has 1 saturated heterocycles. The Balaban J connectivity index is 1.84. The number of fused-ring (bicyclic) bond motifs is 1. The van der Waals surface area contributed by atoms with Gasteiger partial charge in [-0.15, -0.1) is 0 Å². The second-order valence-corrected chi connectivity index (χ2v) is 8.16. The van der Waals surface area contributed by atoms with E-state index in [1.54, 1.807) is 0 Å². The van der Waals surface area contributed by atoms with E-state index in [1.165, 1.54) is 29.1 Å². The number of nitrogens with zero attached hydrogens (tertiary/aromatic N) is 2. The zero-order valence-electron chi connectivity index (χ0n) is 16.6. The molecule has 0 radical (unpaired) electrons. The van der Waals surface area contributed by atoms with Gasteiger partial charge in [-0.25, -0.2) is 9.37 Å². The molecule has 7 heteroatoms. The van der Waals surface area contributed by atoms with Crippen LogP contribution < -0.4 is 11.0 Å². The van der Waals surface area contributed by atoms with E-state index in [2.05, 4.69) is 4.98 Å². The van der Waals surface area contributed by atoms with E-state index in [4.69, 9.17) is 9.31 Å². The monoisotopic (exact) mass is 380 g/mol. The highest BCUT2D eigenvalue weighted by Gasteiger charge is 2.52. The van der Waals surface area contributed by atoms with Gasteiger partial charge in [0.2, 0.25) is 0 Å². The SMILES string of the molecule is Cc1c(B2OC(C)(C)C(C)(C)O2)cccc1-n1cnc2ccc(F)cc2c1=O. The normalized spacial score (nSPS) is 18.0. The summed E-state index contributed by atoms with van der Waals surface area (Å²) in [5.74, 6) is -0.466. The van der Waals surface area contributed by atoms with Gasteiger partial charge in [0.05, 0.1) is 27.8 Å². The molecule has 0 amide bonds. The molecule has 0 spiro atoms. The van der Waals surface area contributed by atoms with Crippen molar-refractivity contribution in [2.45, 2.75) is 45.8 Å². The van der Waals surface area contributed by atoms with Crippen LogP contribution in [0.3, 0.4) is 0 Å². The molecule has 0 saturated carbocycles. The number of hydrogen-bond donors (Lipinski definition) is 0. The first-order valence-electron chi connectivity index (χ1n) is 9.23. The van der Waals surface area contributed by atoms with Crippen LogP contribution in [0.5, 0.6) is 0 Å². The first-order valence-corrected chi connectivity index (χ1v) is 9.23. The minimum absolute atomic E-state index is 0.239. The predicted octanol–water partition coefficient (Wildman–Crippen LogP) is 3.13. The molecule has 5 nitrogen and oxygen atoms in total. The van der Waals surface area contributed by atoms with E-state index in [0.29, 0.717) is 11.2 Å². The molecule has 0 aliphatic carbocycles. The lowest BCUT2D eigenvalue weighted by Crippen LogP contribution is -2.41. The van der Waals surface area contributed by atoms with Crippen LogP contribution in [-0.4, -0.2) is 27.9 Å². The predicted molar refractivity (Wildman–Crippen MR) is 108 cm³/mol. The van der Waals surface area contributed by atoms with Crippen LogP contribution in [0.2, 0.25) is 0 Å².